The molecule has 1 heterocycles. The molecule has 18 heavy (non-hydrogen) atoms. The van der Waals surface area contributed by atoms with Crippen molar-refractivity contribution in [3.05, 3.63) is 0 Å². The van der Waals surface area contributed by atoms with Gasteiger partial charge in [0.15, 0.2) is 0 Å². The van der Waals surface area contributed by atoms with Gasteiger partial charge in [-0.2, -0.15) is 0 Å². The van der Waals surface area contributed by atoms with Gasteiger partial charge in [0.2, 0.25) is 5.91 Å². The second kappa shape index (κ2) is 6.18. The summed E-state index contributed by atoms with van der Waals surface area (Å²) in [4.78, 5) is 25.3. The van der Waals surface area contributed by atoms with Crippen LogP contribution in [0.15, 0.2) is 0 Å². The van der Waals surface area contributed by atoms with Gasteiger partial charge in [0.05, 0.1) is 11.8 Å². The summed E-state index contributed by atoms with van der Waals surface area (Å²) in [5.41, 5.74) is 0. The first-order valence-corrected chi connectivity index (χ1v) is 6.91. The van der Waals surface area contributed by atoms with Crippen molar-refractivity contribution in [2.75, 3.05) is 26.2 Å². The van der Waals surface area contributed by atoms with Crippen LogP contribution < -0.4 is 5.32 Å². The normalized spacial score (nSPS) is 28.4. The van der Waals surface area contributed by atoms with Crippen LogP contribution in [0, 0.1) is 11.8 Å². The molecular formula is C13H22N2O3. The molecule has 1 saturated heterocycles. The summed E-state index contributed by atoms with van der Waals surface area (Å²) in [6.07, 6.45) is 4.70. The van der Waals surface area contributed by atoms with Gasteiger partial charge in [0, 0.05) is 13.1 Å². The van der Waals surface area contributed by atoms with E-state index in [2.05, 4.69) is 10.2 Å². The molecule has 2 atom stereocenters. The molecule has 5 nitrogen and oxygen atoms in total. The number of carboxylic acid groups (broad SMARTS) is 1. The Morgan fingerprint density at radius 1 is 1.11 bits per heavy atom. The van der Waals surface area contributed by atoms with Crippen molar-refractivity contribution in [3.8, 4) is 0 Å². The Bertz CT molecular complexity index is 313. The van der Waals surface area contributed by atoms with Crippen molar-refractivity contribution in [1.29, 1.82) is 0 Å². The lowest BCUT2D eigenvalue weighted by Crippen LogP contribution is -2.39. The van der Waals surface area contributed by atoms with E-state index in [4.69, 9.17) is 5.11 Å². The molecule has 0 unspecified atom stereocenters. The Morgan fingerprint density at radius 2 is 1.78 bits per heavy atom. The summed E-state index contributed by atoms with van der Waals surface area (Å²) in [5.74, 6) is -1.69. The minimum atomic E-state index is -0.827. The van der Waals surface area contributed by atoms with Gasteiger partial charge in [0.25, 0.3) is 0 Å². The van der Waals surface area contributed by atoms with Crippen LogP contribution in [0.3, 0.4) is 0 Å². The number of hydrogen-bond donors (Lipinski definition) is 2. The number of carbonyl (C=O) groups is 2. The van der Waals surface area contributed by atoms with E-state index in [-0.39, 0.29) is 11.8 Å². The van der Waals surface area contributed by atoms with Crippen molar-refractivity contribution >= 4 is 11.9 Å². The third-order valence-corrected chi connectivity index (χ3v) is 4.10. The van der Waals surface area contributed by atoms with Crippen LogP contribution in [-0.4, -0.2) is 48.1 Å². The van der Waals surface area contributed by atoms with Gasteiger partial charge in [0.1, 0.15) is 0 Å². The predicted molar refractivity (Wildman–Crippen MR) is 67.2 cm³/mol. The van der Waals surface area contributed by atoms with Crippen molar-refractivity contribution in [1.82, 2.24) is 10.2 Å². The van der Waals surface area contributed by atoms with Crippen LogP contribution in [0.4, 0.5) is 0 Å². The number of amides is 1. The molecule has 2 aliphatic rings. The smallest absolute Gasteiger partial charge is 0.307 e. The molecular weight excluding hydrogens is 232 g/mol. The first-order valence-electron chi connectivity index (χ1n) is 6.91. The Labute approximate surface area is 108 Å². The zero-order valence-electron chi connectivity index (χ0n) is 10.7. The van der Waals surface area contributed by atoms with E-state index in [1.54, 1.807) is 0 Å². The molecule has 2 N–H and O–H groups in total. The van der Waals surface area contributed by atoms with Crippen LogP contribution in [0.1, 0.15) is 32.1 Å². The van der Waals surface area contributed by atoms with E-state index in [1.807, 2.05) is 0 Å². The van der Waals surface area contributed by atoms with E-state index in [0.29, 0.717) is 19.4 Å². The zero-order chi connectivity index (χ0) is 13.0. The van der Waals surface area contributed by atoms with Crippen LogP contribution >= 0.6 is 0 Å². The van der Waals surface area contributed by atoms with Crippen LogP contribution in [0.5, 0.6) is 0 Å². The quantitative estimate of drug-likeness (QED) is 0.757. The van der Waals surface area contributed by atoms with E-state index in [1.165, 1.54) is 12.8 Å². The number of nitrogens with one attached hydrogen (secondary N) is 1. The van der Waals surface area contributed by atoms with Gasteiger partial charge in [-0.25, -0.2) is 0 Å². The van der Waals surface area contributed by atoms with E-state index in [0.717, 1.165) is 26.1 Å². The molecule has 1 amide bonds. The molecule has 102 valence electrons. The lowest BCUT2D eigenvalue weighted by molar-refractivity contribution is -0.146. The summed E-state index contributed by atoms with van der Waals surface area (Å²) in [6.45, 7) is 3.77. The van der Waals surface area contributed by atoms with Crippen molar-refractivity contribution in [2.45, 2.75) is 32.1 Å². The van der Waals surface area contributed by atoms with Crippen LogP contribution in [0.2, 0.25) is 0 Å². The molecule has 0 aromatic carbocycles. The Hall–Kier alpha value is -1.10. The van der Waals surface area contributed by atoms with Crippen molar-refractivity contribution in [2.24, 2.45) is 11.8 Å². The fraction of sp³-hybridized carbons (Fsp3) is 0.846. The fourth-order valence-corrected chi connectivity index (χ4v) is 3.04. The summed E-state index contributed by atoms with van der Waals surface area (Å²) < 4.78 is 0. The molecule has 5 heteroatoms. The summed E-state index contributed by atoms with van der Waals surface area (Å²) >= 11 is 0. The number of nitrogens with zero attached hydrogens (tertiary/aromatic N) is 1. The molecule has 0 aromatic rings. The lowest BCUT2D eigenvalue weighted by atomic mass is 9.95. The average molecular weight is 254 g/mol. The van der Waals surface area contributed by atoms with Gasteiger partial charge >= 0.3 is 5.97 Å². The fourth-order valence-electron chi connectivity index (χ4n) is 3.04. The van der Waals surface area contributed by atoms with Crippen molar-refractivity contribution < 1.29 is 14.7 Å². The minimum absolute atomic E-state index is 0.0703. The highest BCUT2D eigenvalue weighted by Gasteiger charge is 2.37. The Balaban J connectivity index is 1.71. The molecule has 2 rings (SSSR count). The number of carbonyl (C=O) groups excluding carboxylic acids is 1. The molecule has 0 bridgehead atoms. The summed E-state index contributed by atoms with van der Waals surface area (Å²) in [7, 11) is 0. The third kappa shape index (κ3) is 3.22. The monoisotopic (exact) mass is 254 g/mol. The third-order valence-electron chi connectivity index (χ3n) is 4.10. The van der Waals surface area contributed by atoms with E-state index in [9.17, 15) is 9.59 Å². The second-order valence-corrected chi connectivity index (χ2v) is 5.32. The highest BCUT2D eigenvalue weighted by atomic mass is 16.4. The maximum absolute atomic E-state index is 11.9. The lowest BCUT2D eigenvalue weighted by Gasteiger charge is -2.18. The summed E-state index contributed by atoms with van der Waals surface area (Å²) in [6, 6.07) is 0. The van der Waals surface area contributed by atoms with Gasteiger partial charge in [-0.15, -0.1) is 0 Å². The largest absolute Gasteiger partial charge is 0.481 e. The highest BCUT2D eigenvalue weighted by Crippen LogP contribution is 2.31. The number of likely N-dealkylation sites (tertiary alicyclic amines) is 1. The topological polar surface area (TPSA) is 69.6 Å². The first kappa shape index (κ1) is 13.3. The van der Waals surface area contributed by atoms with E-state index >= 15 is 0 Å². The van der Waals surface area contributed by atoms with Gasteiger partial charge in [-0.3, -0.25) is 9.59 Å². The predicted octanol–water partition coefficient (Wildman–Crippen LogP) is 0.699. The maximum atomic E-state index is 11.9. The number of rotatable bonds is 5. The minimum Gasteiger partial charge on any atom is -0.481 e. The number of carboxylic acids is 1. The molecule has 0 spiro atoms. The summed E-state index contributed by atoms with van der Waals surface area (Å²) in [5, 5.41) is 11.9. The molecule has 1 aliphatic carbocycles. The van der Waals surface area contributed by atoms with Crippen LogP contribution in [0.25, 0.3) is 0 Å². The standard InChI is InChI=1S/C13H22N2O3/c16-12(10-4-3-5-11(10)13(17)18)14-6-9-15-7-1-2-8-15/h10-11H,1-9H2,(H,14,16)(H,17,18)/t10-,11+/m1/s1. The average Bonchev–Trinajstić information content (AvgIpc) is 2.99. The van der Waals surface area contributed by atoms with Gasteiger partial charge in [-0.1, -0.05) is 6.42 Å². The SMILES string of the molecule is O=C(O)[C@H]1CCC[C@H]1C(=O)NCCN1CCCC1. The molecule has 1 saturated carbocycles. The second-order valence-electron chi connectivity index (χ2n) is 5.32. The van der Waals surface area contributed by atoms with E-state index < -0.39 is 11.9 Å². The van der Waals surface area contributed by atoms with Crippen molar-refractivity contribution in [3.63, 3.8) is 0 Å². The van der Waals surface area contributed by atoms with Gasteiger partial charge < -0.3 is 15.3 Å². The molecule has 0 radical (unpaired) electrons. The Kier molecular flexibility index (Phi) is 4.58. The highest BCUT2D eigenvalue weighted by molar-refractivity contribution is 5.85. The van der Waals surface area contributed by atoms with Crippen LogP contribution in [-0.2, 0) is 9.59 Å². The number of aliphatic carboxylic acids is 1. The molecule has 0 aromatic heterocycles. The van der Waals surface area contributed by atoms with Gasteiger partial charge in [-0.05, 0) is 38.8 Å². The zero-order valence-corrected chi connectivity index (χ0v) is 10.7. The number of hydrogen-bond acceptors (Lipinski definition) is 3. The first-order chi connectivity index (χ1) is 8.68. The molecule has 1 aliphatic heterocycles. The Morgan fingerprint density at radius 3 is 2.44 bits per heavy atom. The maximum Gasteiger partial charge on any atom is 0.307 e. The molecule has 2 fully saturated rings.